The first kappa shape index (κ1) is 15.1. The van der Waals surface area contributed by atoms with Gasteiger partial charge in [0.25, 0.3) is 0 Å². The lowest BCUT2D eigenvalue weighted by atomic mass is 9.48. The van der Waals surface area contributed by atoms with E-state index in [4.69, 9.17) is 0 Å². The summed E-state index contributed by atoms with van der Waals surface area (Å²) in [6.45, 7) is 0. The highest BCUT2D eigenvalue weighted by Crippen LogP contribution is 2.61. The summed E-state index contributed by atoms with van der Waals surface area (Å²) >= 11 is 0. The van der Waals surface area contributed by atoms with Gasteiger partial charge in [0.2, 0.25) is 0 Å². The molecule has 7 rings (SSSR count). The largest absolute Gasteiger partial charge is 0.322 e. The van der Waals surface area contributed by atoms with Gasteiger partial charge in [-0.25, -0.2) is 9.37 Å². The van der Waals surface area contributed by atoms with E-state index < -0.39 is 0 Å². The van der Waals surface area contributed by atoms with Gasteiger partial charge in [-0.15, -0.1) is 0 Å². The van der Waals surface area contributed by atoms with Crippen LogP contribution < -0.4 is 0 Å². The van der Waals surface area contributed by atoms with Crippen molar-refractivity contribution >= 4 is 5.78 Å². The number of Topliss-reactive ketones (excluding diaryl/α,β-unsaturated/α-hetero) is 1. The van der Waals surface area contributed by atoms with Crippen molar-refractivity contribution in [2.45, 2.75) is 51.0 Å². The molecule has 0 spiro atoms. The summed E-state index contributed by atoms with van der Waals surface area (Å²) in [6, 6.07) is 4.97. The summed E-state index contributed by atoms with van der Waals surface area (Å²) in [5, 5.41) is 0. The molecule has 2 aromatic rings. The van der Waals surface area contributed by atoms with Crippen LogP contribution in [0.2, 0.25) is 0 Å². The quantitative estimate of drug-likeness (QED) is 0.799. The Balaban J connectivity index is 1.36. The summed E-state index contributed by atoms with van der Waals surface area (Å²) in [5.41, 5.74) is 2.39. The summed E-state index contributed by atoms with van der Waals surface area (Å²) < 4.78 is 16.7. The van der Waals surface area contributed by atoms with E-state index >= 15 is 0 Å². The molecule has 1 aromatic heterocycles. The third-order valence-electron chi connectivity index (χ3n) is 7.67. The van der Waals surface area contributed by atoms with Crippen LogP contribution in [0.3, 0.4) is 0 Å². The molecule has 1 atom stereocenters. The highest BCUT2D eigenvalue weighted by Gasteiger charge is 2.54. The van der Waals surface area contributed by atoms with Gasteiger partial charge < -0.3 is 4.57 Å². The second-order valence-electron chi connectivity index (χ2n) is 9.23. The molecule has 2 heterocycles. The molecule has 1 unspecified atom stereocenters. The van der Waals surface area contributed by atoms with E-state index in [1.165, 1.54) is 25.3 Å². The minimum absolute atomic E-state index is 0.122. The number of imidazole rings is 1. The molecule has 1 aliphatic heterocycles. The zero-order valence-corrected chi connectivity index (χ0v) is 14.8. The van der Waals surface area contributed by atoms with Crippen LogP contribution in [-0.2, 0) is 4.79 Å². The molecular weight excluding hydrogens is 327 g/mol. The van der Waals surface area contributed by atoms with Crippen molar-refractivity contribution in [1.82, 2.24) is 9.55 Å². The van der Waals surface area contributed by atoms with Gasteiger partial charge in [-0.1, -0.05) is 12.1 Å². The van der Waals surface area contributed by atoms with Crippen LogP contribution >= 0.6 is 0 Å². The van der Waals surface area contributed by atoms with Crippen molar-refractivity contribution in [1.29, 1.82) is 0 Å². The van der Waals surface area contributed by atoms with Gasteiger partial charge in [0.15, 0.2) is 0 Å². The highest BCUT2D eigenvalue weighted by molar-refractivity contribution is 5.87. The van der Waals surface area contributed by atoms with E-state index in [2.05, 4.69) is 4.98 Å². The van der Waals surface area contributed by atoms with E-state index in [-0.39, 0.29) is 17.3 Å². The van der Waals surface area contributed by atoms with E-state index in [9.17, 15) is 9.18 Å². The molecule has 134 valence electrons. The number of benzene rings is 1. The Morgan fingerprint density at radius 1 is 1.15 bits per heavy atom. The molecule has 5 aliphatic rings. The molecule has 4 saturated carbocycles. The summed E-state index contributed by atoms with van der Waals surface area (Å²) in [6.07, 6.45) is 11.2. The van der Waals surface area contributed by atoms with E-state index in [0.29, 0.717) is 17.8 Å². The molecule has 0 radical (unpaired) electrons. The number of carbonyl (C=O) groups excluding carboxylic acids is 1. The van der Waals surface area contributed by atoms with Gasteiger partial charge in [0.05, 0.1) is 24.3 Å². The SMILES string of the molecule is O=C(CC1c2c(F)cccc2-c2cncn21)C12CC3CC(CC(C3)C1)C2. The number of carbonyl (C=O) groups is 1. The molecule has 0 saturated heterocycles. The van der Waals surface area contributed by atoms with E-state index in [0.717, 1.165) is 48.3 Å². The van der Waals surface area contributed by atoms with Crippen LogP contribution in [0.25, 0.3) is 11.3 Å². The topological polar surface area (TPSA) is 34.9 Å². The maximum atomic E-state index is 14.7. The fourth-order valence-corrected chi connectivity index (χ4v) is 7.04. The van der Waals surface area contributed by atoms with Crippen LogP contribution in [0.4, 0.5) is 4.39 Å². The lowest BCUT2D eigenvalue weighted by molar-refractivity contribution is -0.144. The Kier molecular flexibility index (Phi) is 2.94. The second kappa shape index (κ2) is 5.05. The highest BCUT2D eigenvalue weighted by atomic mass is 19.1. The molecule has 0 N–H and O–H groups in total. The second-order valence-corrected chi connectivity index (χ2v) is 9.23. The van der Waals surface area contributed by atoms with Gasteiger partial charge in [-0.05, 0) is 62.3 Å². The van der Waals surface area contributed by atoms with Gasteiger partial charge in [0.1, 0.15) is 11.6 Å². The molecule has 0 amide bonds. The van der Waals surface area contributed by atoms with Crippen molar-refractivity contribution in [2.75, 3.05) is 0 Å². The maximum Gasteiger partial charge on any atom is 0.141 e. The Morgan fingerprint density at radius 3 is 2.54 bits per heavy atom. The standard InChI is InChI=1S/C22H23FN2O/c23-17-3-1-2-16-19-11-24-12-25(19)18(21(16)17)7-20(26)22-8-13-4-14(9-22)6-15(5-13)10-22/h1-3,11-15,18H,4-10H2. The van der Waals surface area contributed by atoms with Crippen molar-refractivity contribution in [3.8, 4) is 11.3 Å². The normalized spacial score (nSPS) is 36.2. The number of rotatable bonds is 3. The molecular formula is C22H23FN2O. The number of aromatic nitrogens is 2. The maximum absolute atomic E-state index is 14.7. The average Bonchev–Trinajstić information content (AvgIpc) is 3.17. The van der Waals surface area contributed by atoms with Gasteiger partial charge >= 0.3 is 0 Å². The Labute approximate surface area is 152 Å². The summed E-state index contributed by atoms with van der Waals surface area (Å²) in [4.78, 5) is 17.8. The zero-order valence-electron chi connectivity index (χ0n) is 14.8. The fraction of sp³-hybridized carbons (Fsp3) is 0.545. The lowest BCUT2D eigenvalue weighted by Crippen LogP contribution is -2.50. The van der Waals surface area contributed by atoms with Gasteiger partial charge in [-0.2, -0.15) is 0 Å². The van der Waals surface area contributed by atoms with E-state index in [1.54, 1.807) is 18.6 Å². The zero-order chi connectivity index (χ0) is 17.5. The molecule has 26 heavy (non-hydrogen) atoms. The third-order valence-corrected chi connectivity index (χ3v) is 7.67. The number of halogens is 1. The molecule has 4 heteroatoms. The molecule has 4 bridgehead atoms. The Morgan fingerprint density at radius 2 is 1.85 bits per heavy atom. The van der Waals surface area contributed by atoms with Crippen LogP contribution in [-0.4, -0.2) is 15.3 Å². The van der Waals surface area contributed by atoms with Crippen LogP contribution in [0, 0.1) is 29.0 Å². The summed E-state index contributed by atoms with van der Waals surface area (Å²) in [7, 11) is 0. The van der Waals surface area contributed by atoms with Gasteiger partial charge in [-0.3, -0.25) is 4.79 Å². The predicted molar refractivity (Wildman–Crippen MR) is 96.0 cm³/mol. The van der Waals surface area contributed by atoms with E-state index in [1.807, 2.05) is 10.6 Å². The first-order chi connectivity index (χ1) is 12.6. The Hall–Kier alpha value is -1.97. The smallest absolute Gasteiger partial charge is 0.141 e. The van der Waals surface area contributed by atoms with Crippen molar-refractivity contribution in [3.63, 3.8) is 0 Å². The van der Waals surface area contributed by atoms with Crippen molar-refractivity contribution < 1.29 is 9.18 Å². The third kappa shape index (κ3) is 1.93. The Bertz CT molecular complexity index is 879. The molecule has 4 aliphatic carbocycles. The number of hydrogen-bond donors (Lipinski definition) is 0. The van der Waals surface area contributed by atoms with Crippen molar-refractivity contribution in [3.05, 3.63) is 42.1 Å². The first-order valence-electron chi connectivity index (χ1n) is 9.97. The molecule has 4 fully saturated rings. The van der Waals surface area contributed by atoms with Crippen molar-refractivity contribution in [2.24, 2.45) is 23.2 Å². The van der Waals surface area contributed by atoms with Crippen LogP contribution in [0.1, 0.15) is 56.6 Å². The molecule has 3 nitrogen and oxygen atoms in total. The van der Waals surface area contributed by atoms with Crippen LogP contribution in [0.15, 0.2) is 30.7 Å². The number of ketones is 1. The summed E-state index contributed by atoms with van der Waals surface area (Å²) in [5.74, 6) is 2.43. The average molecular weight is 350 g/mol. The fourth-order valence-electron chi connectivity index (χ4n) is 7.04. The number of fused-ring (bicyclic) bond motifs is 3. The van der Waals surface area contributed by atoms with Crippen LogP contribution in [0.5, 0.6) is 0 Å². The minimum Gasteiger partial charge on any atom is -0.322 e. The van der Waals surface area contributed by atoms with Gasteiger partial charge in [0, 0.05) is 23.0 Å². The minimum atomic E-state index is -0.232. The predicted octanol–water partition coefficient (Wildman–Crippen LogP) is 4.77. The number of hydrogen-bond acceptors (Lipinski definition) is 2. The molecule has 1 aromatic carbocycles. The number of nitrogens with zero attached hydrogens (tertiary/aromatic N) is 2. The lowest BCUT2D eigenvalue weighted by Gasteiger charge is -2.56. The first-order valence-corrected chi connectivity index (χ1v) is 9.97. The monoisotopic (exact) mass is 350 g/mol.